The van der Waals surface area contributed by atoms with Gasteiger partial charge in [0.15, 0.2) is 0 Å². The molecular weight excluding hydrogens is 422 g/mol. The number of aryl methyl sites for hydroxylation is 4. The third kappa shape index (κ3) is 4.16. The van der Waals surface area contributed by atoms with Crippen molar-refractivity contribution in [2.75, 3.05) is 0 Å². The first-order valence-corrected chi connectivity index (χ1v) is 11.7. The Morgan fingerprint density at radius 1 is 1.09 bits per heavy atom. The minimum atomic E-state index is -1.05. The highest BCUT2D eigenvalue weighted by molar-refractivity contribution is 6.00. The number of carboxylic acids is 1. The molecule has 1 aliphatic carbocycles. The lowest BCUT2D eigenvalue weighted by Crippen LogP contribution is -2.45. The number of hydrogen-bond acceptors (Lipinski definition) is 5. The second-order valence-electron chi connectivity index (χ2n) is 9.23. The van der Waals surface area contributed by atoms with Crippen molar-refractivity contribution in [2.24, 2.45) is 5.92 Å². The number of carbonyl (C=O) groups is 2. The van der Waals surface area contributed by atoms with E-state index in [2.05, 4.69) is 11.4 Å². The van der Waals surface area contributed by atoms with Crippen LogP contribution in [0.3, 0.4) is 0 Å². The Bertz CT molecular complexity index is 1300. The molecule has 1 aliphatic rings. The van der Waals surface area contributed by atoms with Gasteiger partial charge in [0.25, 0.3) is 0 Å². The highest BCUT2D eigenvalue weighted by atomic mass is 16.4. The van der Waals surface area contributed by atoms with Crippen LogP contribution in [0.5, 0.6) is 0 Å². The third-order valence-corrected chi connectivity index (χ3v) is 7.12. The van der Waals surface area contributed by atoms with Crippen LogP contribution in [-0.2, 0) is 28.9 Å². The fourth-order valence-electron chi connectivity index (χ4n) is 4.87. The van der Waals surface area contributed by atoms with Gasteiger partial charge < -0.3 is 19.3 Å². The van der Waals surface area contributed by atoms with Gasteiger partial charge in [-0.25, -0.2) is 9.59 Å². The molecule has 0 bridgehead atoms. The summed E-state index contributed by atoms with van der Waals surface area (Å²) in [6, 6.07) is 1.11. The minimum Gasteiger partial charge on any atom is -0.480 e. The second kappa shape index (κ2) is 9.04. The third-order valence-electron chi connectivity index (χ3n) is 7.12. The highest BCUT2D eigenvalue weighted by Crippen LogP contribution is 2.38. The number of furan rings is 1. The van der Waals surface area contributed by atoms with Gasteiger partial charge in [-0.1, -0.05) is 20.3 Å². The Morgan fingerprint density at radius 2 is 1.79 bits per heavy atom. The lowest BCUT2D eigenvalue weighted by Gasteiger charge is -2.20. The maximum Gasteiger partial charge on any atom is 0.339 e. The summed E-state index contributed by atoms with van der Waals surface area (Å²) in [6.07, 6.45) is 4.99. The zero-order valence-corrected chi connectivity index (χ0v) is 19.7. The van der Waals surface area contributed by atoms with Crippen LogP contribution in [0.25, 0.3) is 21.9 Å². The zero-order valence-electron chi connectivity index (χ0n) is 19.7. The quantitative estimate of drug-likeness (QED) is 0.507. The van der Waals surface area contributed by atoms with E-state index in [1.807, 2.05) is 20.8 Å². The Kier molecular flexibility index (Phi) is 6.32. The predicted octanol–water partition coefficient (Wildman–Crippen LogP) is 4.58. The van der Waals surface area contributed by atoms with Gasteiger partial charge in [-0.15, -0.1) is 0 Å². The van der Waals surface area contributed by atoms with E-state index in [9.17, 15) is 19.5 Å². The molecule has 7 nitrogen and oxygen atoms in total. The molecule has 1 amide bonds. The summed E-state index contributed by atoms with van der Waals surface area (Å²) in [6.45, 7) is 7.46. The van der Waals surface area contributed by atoms with Gasteiger partial charge in [0.1, 0.15) is 23.0 Å². The molecule has 0 fully saturated rings. The van der Waals surface area contributed by atoms with E-state index < -0.39 is 23.5 Å². The molecule has 7 heteroatoms. The van der Waals surface area contributed by atoms with Gasteiger partial charge in [0, 0.05) is 40.3 Å². The maximum atomic E-state index is 12.8. The molecule has 0 saturated carbocycles. The van der Waals surface area contributed by atoms with Crippen LogP contribution in [0.4, 0.5) is 0 Å². The molecule has 2 heterocycles. The highest BCUT2D eigenvalue weighted by Gasteiger charge is 2.26. The van der Waals surface area contributed by atoms with Crippen molar-refractivity contribution in [3.05, 3.63) is 44.5 Å². The van der Waals surface area contributed by atoms with E-state index in [-0.39, 0.29) is 18.8 Å². The monoisotopic (exact) mass is 453 g/mol. The number of aliphatic carboxylic acids is 1. The number of nitrogens with one attached hydrogen (secondary N) is 1. The van der Waals surface area contributed by atoms with Gasteiger partial charge in [0.2, 0.25) is 5.91 Å². The van der Waals surface area contributed by atoms with Crippen molar-refractivity contribution < 1.29 is 23.5 Å². The van der Waals surface area contributed by atoms with Crippen molar-refractivity contribution in [1.29, 1.82) is 0 Å². The van der Waals surface area contributed by atoms with Gasteiger partial charge >= 0.3 is 11.6 Å². The Morgan fingerprint density at radius 3 is 2.48 bits per heavy atom. The van der Waals surface area contributed by atoms with Crippen LogP contribution in [0.2, 0.25) is 0 Å². The molecule has 0 spiro atoms. The molecule has 4 rings (SSSR count). The smallest absolute Gasteiger partial charge is 0.339 e. The van der Waals surface area contributed by atoms with Crippen LogP contribution in [0.15, 0.2) is 19.7 Å². The van der Waals surface area contributed by atoms with E-state index in [1.54, 1.807) is 6.92 Å². The normalized spacial score (nSPS) is 15.4. The number of carbonyl (C=O) groups excluding carboxylic acids is 1. The fourth-order valence-corrected chi connectivity index (χ4v) is 4.87. The fraction of sp³-hybridized carbons (Fsp3) is 0.500. The lowest BCUT2D eigenvalue weighted by molar-refractivity contribution is -0.143. The number of hydrogen-bond donors (Lipinski definition) is 2. The average molecular weight is 454 g/mol. The van der Waals surface area contributed by atoms with Crippen LogP contribution in [0.1, 0.15) is 67.5 Å². The van der Waals surface area contributed by atoms with Crippen LogP contribution < -0.4 is 10.9 Å². The van der Waals surface area contributed by atoms with E-state index >= 15 is 0 Å². The van der Waals surface area contributed by atoms with Crippen molar-refractivity contribution in [2.45, 2.75) is 78.7 Å². The largest absolute Gasteiger partial charge is 0.480 e. The van der Waals surface area contributed by atoms with Gasteiger partial charge in [0.05, 0.1) is 0 Å². The van der Waals surface area contributed by atoms with Gasteiger partial charge in [-0.05, 0) is 57.1 Å². The predicted molar refractivity (Wildman–Crippen MR) is 126 cm³/mol. The average Bonchev–Trinajstić information content (AvgIpc) is 3.16. The molecule has 3 aromatic rings. The van der Waals surface area contributed by atoms with Crippen molar-refractivity contribution in [3.8, 4) is 0 Å². The Balaban J connectivity index is 1.66. The molecule has 2 atom stereocenters. The summed E-state index contributed by atoms with van der Waals surface area (Å²) >= 11 is 0. The number of rotatable bonds is 7. The number of carboxylic acid groups (broad SMARTS) is 1. The van der Waals surface area contributed by atoms with Gasteiger partial charge in [-0.3, -0.25) is 4.79 Å². The number of fused-ring (bicyclic) bond motifs is 4. The molecule has 0 aliphatic heterocycles. The van der Waals surface area contributed by atoms with Crippen LogP contribution in [0, 0.1) is 19.8 Å². The first kappa shape index (κ1) is 23.1. The molecule has 0 unspecified atom stereocenters. The van der Waals surface area contributed by atoms with Crippen molar-refractivity contribution in [1.82, 2.24) is 5.32 Å². The van der Waals surface area contributed by atoms with Gasteiger partial charge in [-0.2, -0.15) is 0 Å². The number of benzene rings is 1. The first-order chi connectivity index (χ1) is 15.7. The van der Waals surface area contributed by atoms with Crippen molar-refractivity contribution >= 4 is 33.8 Å². The first-order valence-electron chi connectivity index (χ1n) is 11.7. The molecule has 2 aromatic heterocycles. The summed E-state index contributed by atoms with van der Waals surface area (Å²) in [5.74, 6) is -0.606. The summed E-state index contributed by atoms with van der Waals surface area (Å²) in [4.78, 5) is 36.8. The topological polar surface area (TPSA) is 110 Å². The lowest BCUT2D eigenvalue weighted by atomic mass is 9.93. The maximum absolute atomic E-state index is 12.8. The molecular formula is C26H31NO6. The summed E-state index contributed by atoms with van der Waals surface area (Å²) in [7, 11) is 0. The zero-order chi connectivity index (χ0) is 23.9. The number of amides is 1. The van der Waals surface area contributed by atoms with Crippen LogP contribution in [-0.4, -0.2) is 23.0 Å². The Hall–Kier alpha value is -3.09. The summed E-state index contributed by atoms with van der Waals surface area (Å²) < 4.78 is 11.9. The molecule has 0 radical (unpaired) electrons. The van der Waals surface area contributed by atoms with E-state index in [0.29, 0.717) is 17.6 Å². The molecule has 0 saturated heterocycles. The second-order valence-corrected chi connectivity index (χ2v) is 9.23. The summed E-state index contributed by atoms with van der Waals surface area (Å²) in [5.41, 5.74) is 4.15. The molecule has 33 heavy (non-hydrogen) atoms. The SMILES string of the molecule is CC[C@H](C)[C@@H](NC(=O)CCc1c(C)c2cc3c4c(oc3c(C)c2oc1=O)CCCC4)C(=O)O. The standard InChI is InChI=1S/C26H31NO6/c1-5-13(2)22(25(29)30)27-21(28)11-10-16-14(3)18-12-19-17-8-6-7-9-20(17)32-24(19)15(4)23(18)33-26(16)31/h12-13,22H,5-11H2,1-4H3,(H,27,28)(H,29,30)/t13-,22+/m0/s1. The van der Waals surface area contributed by atoms with E-state index in [0.717, 1.165) is 58.9 Å². The summed E-state index contributed by atoms with van der Waals surface area (Å²) in [5, 5.41) is 13.9. The molecule has 2 N–H and O–H groups in total. The molecule has 176 valence electrons. The molecule has 1 aromatic carbocycles. The minimum absolute atomic E-state index is 0.0135. The van der Waals surface area contributed by atoms with Crippen LogP contribution >= 0.6 is 0 Å². The van der Waals surface area contributed by atoms with E-state index in [1.165, 1.54) is 5.56 Å². The van der Waals surface area contributed by atoms with Crippen molar-refractivity contribution in [3.63, 3.8) is 0 Å². The Labute approximate surface area is 192 Å². The van der Waals surface area contributed by atoms with E-state index in [4.69, 9.17) is 8.83 Å².